The molecule has 3 aromatic carbocycles. The van der Waals surface area contributed by atoms with Crippen molar-refractivity contribution in [2.24, 2.45) is 0 Å². The number of methoxy groups -OCH3 is 2. The van der Waals surface area contributed by atoms with Crippen LogP contribution < -0.4 is 24.4 Å². The van der Waals surface area contributed by atoms with E-state index in [0.717, 1.165) is 55.7 Å². The maximum atomic E-state index is 13.3. The van der Waals surface area contributed by atoms with Gasteiger partial charge in [0.15, 0.2) is 15.9 Å². The molecule has 0 fully saturated rings. The average molecular weight is 593 g/mol. The van der Waals surface area contributed by atoms with E-state index in [9.17, 15) is 26.4 Å². The summed E-state index contributed by atoms with van der Waals surface area (Å²) in [6.07, 6.45) is -4.31. The average Bonchev–Trinajstić information content (AvgIpc) is 3.59. The second-order valence-electron chi connectivity index (χ2n) is 9.56. The van der Waals surface area contributed by atoms with Crippen LogP contribution >= 0.6 is 0 Å². The maximum Gasteiger partial charge on any atom is 0.425 e. The first kappa shape index (κ1) is 30.0. The normalized spacial score (nSPS) is 14.7. The van der Waals surface area contributed by atoms with E-state index >= 15 is 0 Å². The van der Waals surface area contributed by atoms with Gasteiger partial charge >= 0.3 is 6.18 Å². The summed E-state index contributed by atoms with van der Waals surface area (Å²) in [5.74, 6) is 0.604. The molecule has 2 aliphatic heterocycles. The summed E-state index contributed by atoms with van der Waals surface area (Å²) in [5, 5.41) is 3.29. The highest BCUT2D eigenvalue weighted by Crippen LogP contribution is 2.37. The van der Waals surface area contributed by atoms with Crippen molar-refractivity contribution in [2.45, 2.75) is 36.9 Å². The molecule has 220 valence electrons. The molecule has 3 aromatic rings. The molecule has 0 aromatic heterocycles. The summed E-state index contributed by atoms with van der Waals surface area (Å²) in [4.78, 5) is 14.5. The van der Waals surface area contributed by atoms with Crippen molar-refractivity contribution >= 4 is 27.1 Å². The number of benzene rings is 3. The van der Waals surface area contributed by atoms with Crippen LogP contribution in [-0.4, -0.2) is 60.2 Å². The minimum absolute atomic E-state index is 0.192. The largest absolute Gasteiger partial charge is 0.496 e. The number of nitrogens with zero attached hydrogens (tertiary/aromatic N) is 1. The summed E-state index contributed by atoms with van der Waals surface area (Å²) >= 11 is 0. The predicted molar refractivity (Wildman–Crippen MR) is 149 cm³/mol. The van der Waals surface area contributed by atoms with Gasteiger partial charge in [-0.05, 0) is 62.2 Å². The number of rotatable bonds is 6. The number of anilines is 2. The van der Waals surface area contributed by atoms with Crippen LogP contribution in [0.15, 0.2) is 59.5 Å². The Labute approximate surface area is 236 Å². The molecule has 0 spiro atoms. The third-order valence-corrected chi connectivity index (χ3v) is 7.98. The standard InChI is InChI=1S/C20H20F3NO5S.C9H11NO/c1-12(20(21,22)23)29-18-8-7-13(30(3,26)27)11-15(18)19(25)24-10-9-14-16(24)5-4-6-17(14)28-2;1-11-9-4-2-3-8-7(9)5-6-10-8/h4-8,11-12H,9-10H2,1-3H3;2-4,10H,5-6H2,1H3/t12-;/m0./s1. The fourth-order valence-electron chi connectivity index (χ4n) is 4.72. The molecule has 1 atom stereocenters. The van der Waals surface area contributed by atoms with Gasteiger partial charge in [-0.2, -0.15) is 13.2 Å². The number of sulfone groups is 1. The number of ether oxygens (including phenoxy) is 3. The number of hydrogen-bond acceptors (Lipinski definition) is 7. The summed E-state index contributed by atoms with van der Waals surface area (Å²) in [6, 6.07) is 14.5. The van der Waals surface area contributed by atoms with Crippen LogP contribution in [0.3, 0.4) is 0 Å². The SMILES string of the molecule is COc1cccc2c1CCN2.COc1cccc2c1CCN2C(=O)c1cc(S(C)(=O)=O)ccc1O[C@@H](C)C(F)(F)F. The number of carbonyl (C=O) groups excluding carboxylic acids is 1. The molecule has 8 nitrogen and oxygen atoms in total. The van der Waals surface area contributed by atoms with Crippen LogP contribution in [0, 0.1) is 0 Å². The lowest BCUT2D eigenvalue weighted by Crippen LogP contribution is -2.33. The Morgan fingerprint density at radius 3 is 2.24 bits per heavy atom. The second-order valence-corrected chi connectivity index (χ2v) is 11.6. The predicted octanol–water partition coefficient (Wildman–Crippen LogP) is 5.29. The number of nitrogens with one attached hydrogen (secondary N) is 1. The number of hydrogen-bond donors (Lipinski definition) is 1. The highest BCUT2D eigenvalue weighted by Gasteiger charge is 2.39. The Hall–Kier alpha value is -3.93. The molecular formula is C29H31F3N2O6S. The Balaban J connectivity index is 0.000000291. The molecule has 1 N–H and O–H groups in total. The Morgan fingerprint density at radius 1 is 0.951 bits per heavy atom. The highest BCUT2D eigenvalue weighted by atomic mass is 32.2. The van der Waals surface area contributed by atoms with Crippen LogP contribution in [0.1, 0.15) is 28.4 Å². The van der Waals surface area contributed by atoms with E-state index in [2.05, 4.69) is 11.4 Å². The van der Waals surface area contributed by atoms with Gasteiger partial charge in [0.25, 0.3) is 5.91 Å². The van der Waals surface area contributed by atoms with Gasteiger partial charge in [-0.1, -0.05) is 12.1 Å². The fourth-order valence-corrected chi connectivity index (χ4v) is 5.37. The third kappa shape index (κ3) is 6.53. The molecule has 2 aliphatic rings. The van der Waals surface area contributed by atoms with Gasteiger partial charge in [-0.25, -0.2) is 8.42 Å². The summed E-state index contributed by atoms with van der Waals surface area (Å²) in [6.45, 7) is 2.12. The molecule has 0 saturated carbocycles. The molecule has 0 unspecified atom stereocenters. The summed E-state index contributed by atoms with van der Waals surface area (Å²) in [7, 11) is -0.479. The van der Waals surface area contributed by atoms with Crippen LogP contribution in [-0.2, 0) is 22.7 Å². The number of alkyl halides is 3. The van der Waals surface area contributed by atoms with Crippen molar-refractivity contribution in [1.82, 2.24) is 0 Å². The van der Waals surface area contributed by atoms with Crippen LogP contribution in [0.25, 0.3) is 0 Å². The third-order valence-electron chi connectivity index (χ3n) is 6.87. The van der Waals surface area contributed by atoms with E-state index in [4.69, 9.17) is 14.2 Å². The minimum Gasteiger partial charge on any atom is -0.496 e. The monoisotopic (exact) mass is 592 g/mol. The first-order valence-corrected chi connectivity index (χ1v) is 14.7. The van der Waals surface area contributed by atoms with E-state index in [-0.39, 0.29) is 22.8 Å². The zero-order valence-corrected chi connectivity index (χ0v) is 23.9. The molecule has 41 heavy (non-hydrogen) atoms. The van der Waals surface area contributed by atoms with Crippen molar-refractivity contribution in [3.8, 4) is 17.2 Å². The minimum atomic E-state index is -4.65. The maximum absolute atomic E-state index is 13.3. The second kappa shape index (κ2) is 11.9. The zero-order chi connectivity index (χ0) is 29.9. The first-order chi connectivity index (χ1) is 19.3. The van der Waals surface area contributed by atoms with Gasteiger partial charge in [0.1, 0.15) is 17.2 Å². The molecule has 1 amide bonds. The molecule has 0 saturated heterocycles. The number of fused-ring (bicyclic) bond motifs is 2. The van der Waals surface area contributed by atoms with Crippen LogP contribution in [0.4, 0.5) is 24.5 Å². The zero-order valence-electron chi connectivity index (χ0n) is 23.0. The number of carbonyl (C=O) groups is 1. The molecule has 0 radical (unpaired) electrons. The van der Waals surface area contributed by atoms with Gasteiger partial charge < -0.3 is 24.4 Å². The van der Waals surface area contributed by atoms with Crippen molar-refractivity contribution in [3.05, 3.63) is 71.3 Å². The molecular weight excluding hydrogens is 561 g/mol. The lowest BCUT2D eigenvalue weighted by atomic mass is 10.1. The lowest BCUT2D eigenvalue weighted by Gasteiger charge is -2.23. The van der Waals surface area contributed by atoms with Crippen molar-refractivity contribution < 1.29 is 40.6 Å². The van der Waals surface area contributed by atoms with Crippen molar-refractivity contribution in [3.63, 3.8) is 0 Å². The van der Waals surface area contributed by atoms with Crippen LogP contribution in [0.2, 0.25) is 0 Å². The van der Waals surface area contributed by atoms with Gasteiger partial charge in [-0.3, -0.25) is 4.79 Å². The van der Waals surface area contributed by atoms with Crippen molar-refractivity contribution in [1.29, 1.82) is 0 Å². The topological polar surface area (TPSA) is 94.2 Å². The van der Waals surface area contributed by atoms with Gasteiger partial charge in [0.05, 0.1) is 30.4 Å². The van der Waals surface area contributed by atoms with E-state index in [1.54, 1.807) is 25.3 Å². The highest BCUT2D eigenvalue weighted by molar-refractivity contribution is 7.90. The van der Waals surface area contributed by atoms with Gasteiger partial charge in [0.2, 0.25) is 0 Å². The van der Waals surface area contributed by atoms with E-state index in [1.807, 2.05) is 12.1 Å². The summed E-state index contributed by atoms with van der Waals surface area (Å²) in [5.41, 5.74) is 3.63. The quantitative estimate of drug-likeness (QED) is 0.416. The Kier molecular flexibility index (Phi) is 8.71. The van der Waals surface area contributed by atoms with E-state index in [0.29, 0.717) is 17.9 Å². The fraction of sp³-hybridized carbons (Fsp3) is 0.345. The molecule has 5 rings (SSSR count). The lowest BCUT2D eigenvalue weighted by molar-refractivity contribution is -0.189. The molecule has 0 bridgehead atoms. The first-order valence-electron chi connectivity index (χ1n) is 12.8. The van der Waals surface area contributed by atoms with Crippen molar-refractivity contribution in [2.75, 3.05) is 43.8 Å². The Bertz CT molecular complexity index is 1540. The molecule has 12 heteroatoms. The van der Waals surface area contributed by atoms with Crippen LogP contribution in [0.5, 0.6) is 17.2 Å². The van der Waals surface area contributed by atoms with Gasteiger partial charge in [-0.15, -0.1) is 0 Å². The molecule has 0 aliphatic carbocycles. The van der Waals surface area contributed by atoms with E-state index in [1.165, 1.54) is 23.3 Å². The molecule has 2 heterocycles. The number of halogens is 3. The smallest absolute Gasteiger partial charge is 0.425 e. The summed E-state index contributed by atoms with van der Waals surface area (Å²) < 4.78 is 78.4. The number of amides is 1. The van der Waals surface area contributed by atoms with Gasteiger partial charge in [0, 0.05) is 36.2 Å². The van der Waals surface area contributed by atoms with E-state index < -0.39 is 28.0 Å². The Morgan fingerprint density at radius 2 is 1.61 bits per heavy atom.